The van der Waals surface area contributed by atoms with Crippen LogP contribution >= 0.6 is 27.5 Å². The number of carbonyl (C=O) groups excluding carboxylic acids is 2. The van der Waals surface area contributed by atoms with Crippen LogP contribution in [0.3, 0.4) is 0 Å². The van der Waals surface area contributed by atoms with Crippen LogP contribution in [-0.4, -0.2) is 64.9 Å². The topological polar surface area (TPSA) is 172 Å². The van der Waals surface area contributed by atoms with Crippen LogP contribution in [0.2, 0.25) is 5.02 Å². The molecule has 1 unspecified atom stereocenters. The van der Waals surface area contributed by atoms with Crippen LogP contribution in [0.4, 0.5) is 10.1 Å². The Labute approximate surface area is 217 Å². The molecule has 3 rings (SSSR count). The lowest BCUT2D eigenvalue weighted by Gasteiger charge is -2.20. The molecular weight excluding hydrogens is 565 g/mol. The van der Waals surface area contributed by atoms with E-state index >= 15 is 0 Å². The van der Waals surface area contributed by atoms with Gasteiger partial charge in [0.05, 0.1) is 37.1 Å². The van der Waals surface area contributed by atoms with Crippen LogP contribution in [0.25, 0.3) is 0 Å². The third-order valence-electron chi connectivity index (χ3n) is 4.94. The summed E-state index contributed by atoms with van der Waals surface area (Å²) in [7, 11) is 0. The maximum Gasteiger partial charge on any atom is 0.305 e. The first-order chi connectivity index (χ1) is 17.0. The summed E-state index contributed by atoms with van der Waals surface area (Å²) in [6.07, 6.45) is -1.66. The predicted octanol–water partition coefficient (Wildman–Crippen LogP) is 2.28. The van der Waals surface area contributed by atoms with Crippen molar-refractivity contribution in [2.45, 2.75) is 18.6 Å². The summed E-state index contributed by atoms with van der Waals surface area (Å²) in [5, 5.41) is 39.8. The number of hydrogen-bond acceptors (Lipinski definition) is 8. The van der Waals surface area contributed by atoms with Crippen LogP contribution in [0.15, 0.2) is 39.8 Å². The second-order valence-electron chi connectivity index (χ2n) is 7.79. The van der Waals surface area contributed by atoms with Gasteiger partial charge in [-0.25, -0.2) is 9.38 Å². The number of carboxylic acids is 1. The number of anilines is 1. The summed E-state index contributed by atoms with van der Waals surface area (Å²) in [5.74, 6) is -3.01. The molecular formula is C22H22BrClFN5O6. The average Bonchev–Trinajstić information content (AvgIpc) is 2.80. The van der Waals surface area contributed by atoms with Gasteiger partial charge < -0.3 is 36.6 Å². The summed E-state index contributed by atoms with van der Waals surface area (Å²) < 4.78 is 13.7. The van der Waals surface area contributed by atoms with E-state index in [1.807, 2.05) is 0 Å². The first-order valence-corrected chi connectivity index (χ1v) is 11.7. The van der Waals surface area contributed by atoms with E-state index in [9.17, 15) is 34.1 Å². The van der Waals surface area contributed by atoms with Gasteiger partial charge in [0.2, 0.25) is 5.91 Å². The Kier molecular flexibility index (Phi) is 8.93. The Morgan fingerprint density at radius 2 is 1.97 bits per heavy atom. The number of carboxylic acid groups (broad SMARTS) is 1. The number of rotatable bonds is 8. The smallest absolute Gasteiger partial charge is 0.305 e. The molecule has 0 radical (unpaired) electrons. The first kappa shape index (κ1) is 27.0. The number of nitrogens with zero attached hydrogens (tertiary/aromatic N) is 1. The lowest BCUT2D eigenvalue weighted by molar-refractivity contribution is -0.137. The quantitative estimate of drug-likeness (QED) is 0.247. The Hall–Kier alpha value is -3.58. The predicted molar refractivity (Wildman–Crippen MR) is 133 cm³/mol. The second-order valence-corrected chi connectivity index (χ2v) is 9.11. The third-order valence-corrected chi connectivity index (χ3v) is 5.68. The van der Waals surface area contributed by atoms with Crippen molar-refractivity contribution in [1.82, 2.24) is 16.0 Å². The highest BCUT2D eigenvalue weighted by Crippen LogP contribution is 2.36. The van der Waals surface area contributed by atoms with Crippen molar-refractivity contribution >= 4 is 57.0 Å². The molecule has 2 amide bonds. The molecule has 0 saturated carbocycles. The molecule has 36 heavy (non-hydrogen) atoms. The highest BCUT2D eigenvalue weighted by Gasteiger charge is 2.23. The van der Waals surface area contributed by atoms with Crippen molar-refractivity contribution in [2.75, 3.05) is 25.0 Å². The fourth-order valence-electron chi connectivity index (χ4n) is 3.33. The Morgan fingerprint density at radius 1 is 1.22 bits per heavy atom. The lowest BCUT2D eigenvalue weighted by atomic mass is 10.0. The number of benzene rings is 2. The zero-order valence-corrected chi connectivity index (χ0v) is 20.9. The van der Waals surface area contributed by atoms with Crippen molar-refractivity contribution in [1.29, 1.82) is 0 Å². The van der Waals surface area contributed by atoms with Crippen LogP contribution in [-0.2, 0) is 9.59 Å². The van der Waals surface area contributed by atoms with Crippen LogP contribution in [0, 0.1) is 0 Å². The molecule has 1 aliphatic rings. The van der Waals surface area contributed by atoms with E-state index in [4.69, 9.17) is 11.6 Å². The second kappa shape index (κ2) is 11.9. The number of aliphatic carboxylic acids is 1. The minimum Gasteiger partial charge on any atom is -0.508 e. The monoisotopic (exact) mass is 585 g/mol. The summed E-state index contributed by atoms with van der Waals surface area (Å²) in [4.78, 5) is 40.4. The number of aliphatic imine (C=N–C) groups is 1. The normalized spacial score (nSPS) is 15.8. The number of guanidine groups is 1. The van der Waals surface area contributed by atoms with Crippen LogP contribution < -0.4 is 21.3 Å². The molecule has 11 nitrogen and oxygen atoms in total. The van der Waals surface area contributed by atoms with Crippen molar-refractivity contribution in [3.05, 3.63) is 51.0 Å². The summed E-state index contributed by atoms with van der Waals surface area (Å²) in [5.41, 5.74) is 0.402. The van der Waals surface area contributed by atoms with E-state index in [1.54, 1.807) is 0 Å². The summed E-state index contributed by atoms with van der Waals surface area (Å²) >= 11 is 9.15. The van der Waals surface area contributed by atoms with E-state index in [0.29, 0.717) is 10.2 Å². The minimum absolute atomic E-state index is 0.0172. The number of aromatic hydroxyl groups is 2. The maximum absolute atomic E-state index is 13.2. The van der Waals surface area contributed by atoms with Gasteiger partial charge in [0.25, 0.3) is 5.91 Å². The zero-order chi connectivity index (χ0) is 26.4. The zero-order valence-electron chi connectivity index (χ0n) is 18.5. The number of hydrogen-bond donors (Lipinski definition) is 7. The van der Waals surface area contributed by atoms with E-state index in [-0.39, 0.29) is 46.7 Å². The number of alkyl halides is 1. The fraction of sp³-hybridized carbons (Fsp3) is 0.273. The average molecular weight is 587 g/mol. The minimum atomic E-state index is -1.24. The van der Waals surface area contributed by atoms with E-state index in [2.05, 4.69) is 42.2 Å². The first-order valence-electron chi connectivity index (χ1n) is 10.5. The number of carbonyl (C=O) groups is 3. The molecule has 2 aromatic carbocycles. The Bertz CT molecular complexity index is 1210. The molecule has 0 spiro atoms. The molecule has 1 heterocycles. The van der Waals surface area contributed by atoms with Crippen LogP contribution in [0.1, 0.15) is 28.4 Å². The molecule has 0 aliphatic carbocycles. The standard InChI is InChI=1S/C22H22BrClFN5O6/c23-11-3-15(20(35)16(24)4-11)17(6-19(33)34)30-18(32)9-26-21(36)10-1-13(5-14(31)2-10)29-22-27-7-12(25)8-28-22/h1-5,12,17,31,35H,6-9H2,(H,26,36)(H,30,32)(H,33,34)(H2,27,28,29)/t17-/m0/s1. The van der Waals surface area contributed by atoms with Crippen molar-refractivity contribution in [3.63, 3.8) is 0 Å². The van der Waals surface area contributed by atoms with E-state index < -0.39 is 43.0 Å². The molecule has 1 aliphatic heterocycles. The van der Waals surface area contributed by atoms with Gasteiger partial charge in [-0.2, -0.15) is 0 Å². The maximum atomic E-state index is 13.2. The van der Waals surface area contributed by atoms with Gasteiger partial charge in [-0.3, -0.25) is 14.4 Å². The summed E-state index contributed by atoms with van der Waals surface area (Å²) in [6.45, 7) is -0.481. The number of amides is 2. The largest absolute Gasteiger partial charge is 0.508 e. The molecule has 0 fully saturated rings. The number of halogens is 3. The van der Waals surface area contributed by atoms with Crippen molar-refractivity contribution < 1.29 is 34.1 Å². The van der Waals surface area contributed by atoms with Crippen LogP contribution in [0.5, 0.6) is 11.5 Å². The molecule has 2 aromatic rings. The van der Waals surface area contributed by atoms with Crippen molar-refractivity contribution in [3.8, 4) is 11.5 Å². The lowest BCUT2D eigenvalue weighted by Crippen LogP contribution is -2.41. The number of phenols is 2. The molecule has 2 atom stereocenters. The van der Waals surface area contributed by atoms with Gasteiger partial charge in [-0.1, -0.05) is 27.5 Å². The highest BCUT2D eigenvalue weighted by atomic mass is 79.9. The molecule has 0 saturated heterocycles. The van der Waals surface area contributed by atoms with Gasteiger partial charge >= 0.3 is 5.97 Å². The molecule has 7 N–H and O–H groups in total. The molecule has 0 aromatic heterocycles. The van der Waals surface area contributed by atoms with Gasteiger partial charge in [0.1, 0.15) is 17.7 Å². The third kappa shape index (κ3) is 7.46. The highest BCUT2D eigenvalue weighted by molar-refractivity contribution is 9.10. The van der Waals surface area contributed by atoms with Gasteiger partial charge in [-0.05, 0) is 24.3 Å². The van der Waals surface area contributed by atoms with Gasteiger partial charge in [-0.15, -0.1) is 0 Å². The number of phenolic OH excluding ortho intramolecular Hbond substituents is 2. The Morgan fingerprint density at radius 3 is 2.64 bits per heavy atom. The molecule has 192 valence electrons. The summed E-state index contributed by atoms with van der Waals surface area (Å²) in [6, 6.07) is 5.61. The molecule has 0 bridgehead atoms. The van der Waals surface area contributed by atoms with Crippen molar-refractivity contribution in [2.24, 2.45) is 4.99 Å². The number of nitrogens with one attached hydrogen (secondary N) is 4. The van der Waals surface area contributed by atoms with E-state index in [0.717, 1.165) is 0 Å². The fourth-order valence-corrected chi connectivity index (χ4v) is 4.16. The van der Waals surface area contributed by atoms with Gasteiger partial charge in [0, 0.05) is 27.4 Å². The SMILES string of the molecule is O=C(O)C[C@H](NC(=O)CNC(=O)c1cc(O)cc(NC2=NCC(F)CN2)c1)c1cc(Br)cc(Cl)c1O. The van der Waals surface area contributed by atoms with Gasteiger partial charge in [0.15, 0.2) is 5.96 Å². The van der Waals surface area contributed by atoms with E-state index in [1.165, 1.54) is 30.3 Å². The Balaban J connectivity index is 1.66. The molecule has 14 heteroatoms.